The van der Waals surface area contributed by atoms with Crippen molar-refractivity contribution in [1.82, 2.24) is 9.97 Å². The number of hydrogen-bond donors (Lipinski definition) is 1. The van der Waals surface area contributed by atoms with Gasteiger partial charge >= 0.3 is 0 Å². The minimum Gasteiger partial charge on any atom is -0.353 e. The summed E-state index contributed by atoms with van der Waals surface area (Å²) in [6.07, 6.45) is 4.82. The van der Waals surface area contributed by atoms with Crippen LogP contribution in [0.3, 0.4) is 0 Å². The summed E-state index contributed by atoms with van der Waals surface area (Å²) >= 11 is 0. The molecule has 2 rings (SSSR count). The maximum atomic E-state index is 11.2. The highest BCUT2D eigenvalue weighted by Crippen LogP contribution is 2.16. The third kappa shape index (κ3) is 2.42. The molecule has 0 atom stereocenters. The number of benzene rings is 1. The molecule has 0 aliphatic carbocycles. The van der Waals surface area contributed by atoms with Crippen LogP contribution in [0.5, 0.6) is 0 Å². The van der Waals surface area contributed by atoms with Crippen LogP contribution in [-0.4, -0.2) is 15.8 Å². The number of carbonyl (C=O) groups excluding carboxylic acids is 1. The van der Waals surface area contributed by atoms with E-state index in [2.05, 4.69) is 15.3 Å². The van der Waals surface area contributed by atoms with Crippen molar-refractivity contribution in [2.24, 2.45) is 0 Å². The molecule has 0 bridgehead atoms. The highest BCUT2D eigenvalue weighted by atomic mass is 16.1. The van der Waals surface area contributed by atoms with Gasteiger partial charge in [-0.3, -0.25) is 4.79 Å². The van der Waals surface area contributed by atoms with Gasteiger partial charge in [0.15, 0.2) is 5.78 Å². The predicted molar refractivity (Wildman–Crippen MR) is 61.8 cm³/mol. The number of nitrogens with zero attached hydrogens (tertiary/aromatic N) is 2. The van der Waals surface area contributed by atoms with Gasteiger partial charge in [0, 0.05) is 11.3 Å². The molecule has 0 aliphatic heterocycles. The second kappa shape index (κ2) is 4.53. The Bertz CT molecular complexity index is 497. The van der Waals surface area contributed by atoms with Gasteiger partial charge in [0.25, 0.3) is 0 Å². The Morgan fingerprint density at radius 2 is 1.94 bits per heavy atom. The van der Waals surface area contributed by atoms with Crippen LogP contribution in [0, 0.1) is 0 Å². The van der Waals surface area contributed by atoms with Crippen LogP contribution >= 0.6 is 0 Å². The first-order valence-corrected chi connectivity index (χ1v) is 4.89. The quantitative estimate of drug-likeness (QED) is 0.795. The number of rotatable bonds is 3. The largest absolute Gasteiger partial charge is 0.353 e. The van der Waals surface area contributed by atoms with Crippen LogP contribution in [-0.2, 0) is 0 Å². The van der Waals surface area contributed by atoms with E-state index in [1.54, 1.807) is 31.5 Å². The zero-order valence-corrected chi connectivity index (χ0v) is 8.84. The van der Waals surface area contributed by atoms with Crippen molar-refractivity contribution in [3.8, 4) is 0 Å². The fourth-order valence-electron chi connectivity index (χ4n) is 1.35. The molecule has 1 aromatic heterocycles. The minimum absolute atomic E-state index is 0.0490. The van der Waals surface area contributed by atoms with E-state index in [4.69, 9.17) is 0 Å². The van der Waals surface area contributed by atoms with Gasteiger partial charge in [0.05, 0.1) is 18.1 Å². The third-order valence-electron chi connectivity index (χ3n) is 2.12. The highest BCUT2D eigenvalue weighted by Gasteiger charge is 2.00. The number of nitrogens with one attached hydrogen (secondary N) is 1. The van der Waals surface area contributed by atoms with E-state index in [1.807, 2.05) is 12.1 Å². The standard InChI is InChI=1S/C12H11N3O/c1-9(16)10-3-2-4-11(5-10)15-12-6-13-8-14-7-12/h2-8,15H,1H3. The number of hydrogen-bond acceptors (Lipinski definition) is 4. The Kier molecular flexibility index (Phi) is 2.91. The lowest BCUT2D eigenvalue weighted by atomic mass is 10.1. The fourth-order valence-corrected chi connectivity index (χ4v) is 1.35. The minimum atomic E-state index is 0.0490. The van der Waals surface area contributed by atoms with Crippen molar-refractivity contribution in [3.05, 3.63) is 48.5 Å². The molecule has 80 valence electrons. The maximum absolute atomic E-state index is 11.2. The zero-order valence-electron chi connectivity index (χ0n) is 8.84. The van der Waals surface area contributed by atoms with E-state index in [9.17, 15) is 4.79 Å². The summed E-state index contributed by atoms with van der Waals surface area (Å²) in [5.74, 6) is 0.0490. The molecule has 4 nitrogen and oxygen atoms in total. The first-order chi connectivity index (χ1) is 7.75. The maximum Gasteiger partial charge on any atom is 0.159 e. The number of anilines is 2. The fraction of sp³-hybridized carbons (Fsp3) is 0.0833. The van der Waals surface area contributed by atoms with Crippen LogP contribution in [0.2, 0.25) is 0 Å². The van der Waals surface area contributed by atoms with Gasteiger partial charge in [-0.25, -0.2) is 9.97 Å². The van der Waals surface area contributed by atoms with E-state index < -0.39 is 0 Å². The van der Waals surface area contributed by atoms with Crippen molar-refractivity contribution in [2.45, 2.75) is 6.92 Å². The van der Waals surface area contributed by atoms with Crippen molar-refractivity contribution >= 4 is 17.2 Å². The Balaban J connectivity index is 2.22. The van der Waals surface area contributed by atoms with E-state index in [0.717, 1.165) is 11.4 Å². The number of Topliss-reactive ketones (excluding diaryl/α,β-unsaturated/α-hetero) is 1. The lowest BCUT2D eigenvalue weighted by Crippen LogP contribution is -1.95. The van der Waals surface area contributed by atoms with Gasteiger partial charge in [-0.2, -0.15) is 0 Å². The topological polar surface area (TPSA) is 54.9 Å². The van der Waals surface area contributed by atoms with Gasteiger partial charge in [0.2, 0.25) is 0 Å². The second-order valence-corrected chi connectivity index (χ2v) is 3.39. The smallest absolute Gasteiger partial charge is 0.159 e. The lowest BCUT2D eigenvalue weighted by molar-refractivity contribution is 0.101. The molecule has 0 spiro atoms. The average molecular weight is 213 g/mol. The zero-order chi connectivity index (χ0) is 11.4. The van der Waals surface area contributed by atoms with Crippen molar-refractivity contribution < 1.29 is 4.79 Å². The summed E-state index contributed by atoms with van der Waals surface area (Å²) in [5, 5.41) is 3.12. The van der Waals surface area contributed by atoms with E-state index in [1.165, 1.54) is 6.33 Å². The van der Waals surface area contributed by atoms with Gasteiger partial charge in [-0.15, -0.1) is 0 Å². The van der Waals surface area contributed by atoms with Crippen LogP contribution in [0.1, 0.15) is 17.3 Å². The SMILES string of the molecule is CC(=O)c1cccc(Nc2cncnc2)c1. The van der Waals surface area contributed by atoms with Gasteiger partial charge < -0.3 is 5.32 Å². The summed E-state index contributed by atoms with van der Waals surface area (Å²) in [4.78, 5) is 19.0. The normalized spacial score (nSPS) is 9.81. The monoisotopic (exact) mass is 213 g/mol. The lowest BCUT2D eigenvalue weighted by Gasteiger charge is -2.05. The first kappa shape index (κ1) is 10.3. The van der Waals surface area contributed by atoms with Crippen LogP contribution < -0.4 is 5.32 Å². The summed E-state index contributed by atoms with van der Waals surface area (Å²) in [6, 6.07) is 7.31. The number of carbonyl (C=O) groups is 1. The summed E-state index contributed by atoms with van der Waals surface area (Å²) in [7, 11) is 0. The molecular formula is C12H11N3O. The van der Waals surface area contributed by atoms with Gasteiger partial charge in [-0.1, -0.05) is 12.1 Å². The molecule has 0 amide bonds. The van der Waals surface area contributed by atoms with Crippen LogP contribution in [0.4, 0.5) is 11.4 Å². The van der Waals surface area contributed by atoms with Crippen molar-refractivity contribution in [1.29, 1.82) is 0 Å². The van der Waals surface area contributed by atoms with Crippen LogP contribution in [0.25, 0.3) is 0 Å². The van der Waals surface area contributed by atoms with Crippen LogP contribution in [0.15, 0.2) is 43.0 Å². The molecule has 0 unspecified atom stereocenters. The van der Waals surface area contributed by atoms with Crippen molar-refractivity contribution in [2.75, 3.05) is 5.32 Å². The molecule has 1 N–H and O–H groups in total. The average Bonchev–Trinajstić information content (AvgIpc) is 2.30. The summed E-state index contributed by atoms with van der Waals surface area (Å²) < 4.78 is 0. The number of ketones is 1. The third-order valence-corrected chi connectivity index (χ3v) is 2.12. The molecule has 0 saturated carbocycles. The molecule has 1 heterocycles. The molecule has 0 fully saturated rings. The Morgan fingerprint density at radius 3 is 2.62 bits per heavy atom. The van der Waals surface area contributed by atoms with Crippen molar-refractivity contribution in [3.63, 3.8) is 0 Å². The van der Waals surface area contributed by atoms with E-state index in [0.29, 0.717) is 5.56 Å². The Hall–Kier alpha value is -2.23. The molecule has 0 saturated heterocycles. The molecule has 0 radical (unpaired) electrons. The first-order valence-electron chi connectivity index (χ1n) is 4.89. The second-order valence-electron chi connectivity index (χ2n) is 3.39. The number of aromatic nitrogens is 2. The van der Waals surface area contributed by atoms with Gasteiger partial charge in [-0.05, 0) is 19.1 Å². The predicted octanol–water partition coefficient (Wildman–Crippen LogP) is 2.42. The molecule has 0 aliphatic rings. The summed E-state index contributed by atoms with van der Waals surface area (Å²) in [6.45, 7) is 1.55. The summed E-state index contributed by atoms with van der Waals surface area (Å²) in [5.41, 5.74) is 2.33. The molecule has 16 heavy (non-hydrogen) atoms. The Morgan fingerprint density at radius 1 is 1.19 bits per heavy atom. The highest BCUT2D eigenvalue weighted by molar-refractivity contribution is 5.95. The molecule has 2 aromatic rings. The van der Waals surface area contributed by atoms with E-state index >= 15 is 0 Å². The molecule has 1 aromatic carbocycles. The Labute approximate surface area is 93.4 Å². The molecular weight excluding hydrogens is 202 g/mol. The molecule has 4 heteroatoms. The van der Waals surface area contributed by atoms with Gasteiger partial charge in [0.1, 0.15) is 6.33 Å². The van der Waals surface area contributed by atoms with E-state index in [-0.39, 0.29) is 5.78 Å².